The molecule has 2 aliphatic rings. The van der Waals surface area contributed by atoms with E-state index in [1.54, 1.807) is 35.2 Å². The van der Waals surface area contributed by atoms with Crippen LogP contribution in [0, 0.1) is 5.82 Å². The van der Waals surface area contributed by atoms with Crippen LogP contribution >= 0.6 is 11.8 Å². The van der Waals surface area contributed by atoms with Gasteiger partial charge in [0.25, 0.3) is 11.8 Å². The number of amides is 2. The number of carbonyl (C=O) groups is 2. The smallest absolute Gasteiger partial charge is 0.259 e. The van der Waals surface area contributed by atoms with Crippen LogP contribution < -0.4 is 10.2 Å². The lowest BCUT2D eigenvalue weighted by atomic mass is 10.1. The molecule has 3 aromatic rings. The quantitative estimate of drug-likeness (QED) is 0.577. The summed E-state index contributed by atoms with van der Waals surface area (Å²) in [7, 11) is 0. The molecular formula is C26H23FN2O3S. The zero-order valence-corrected chi connectivity index (χ0v) is 18.7. The Morgan fingerprint density at radius 1 is 1.09 bits per heavy atom. The molecule has 1 atom stereocenters. The van der Waals surface area contributed by atoms with Gasteiger partial charge < -0.3 is 15.0 Å². The molecule has 168 valence electrons. The second-order valence-corrected chi connectivity index (χ2v) is 9.23. The van der Waals surface area contributed by atoms with Crippen LogP contribution in [0.1, 0.15) is 39.1 Å². The van der Waals surface area contributed by atoms with Crippen molar-refractivity contribution in [3.8, 4) is 0 Å². The third kappa shape index (κ3) is 4.65. The predicted molar refractivity (Wildman–Crippen MR) is 125 cm³/mol. The van der Waals surface area contributed by atoms with E-state index in [0.29, 0.717) is 28.9 Å². The molecule has 33 heavy (non-hydrogen) atoms. The highest BCUT2D eigenvalue weighted by atomic mass is 32.2. The maximum Gasteiger partial charge on any atom is 0.259 e. The summed E-state index contributed by atoms with van der Waals surface area (Å²) in [5, 5.41) is 2.94. The van der Waals surface area contributed by atoms with E-state index in [-0.39, 0.29) is 30.3 Å². The summed E-state index contributed by atoms with van der Waals surface area (Å²) in [5.74, 6) is -0.747. The predicted octanol–water partition coefficient (Wildman–Crippen LogP) is 5.05. The second-order valence-electron chi connectivity index (χ2n) is 8.15. The first-order valence-corrected chi connectivity index (χ1v) is 11.8. The largest absolute Gasteiger partial charge is 0.376 e. The summed E-state index contributed by atoms with van der Waals surface area (Å²) in [4.78, 5) is 29.8. The highest BCUT2D eigenvalue weighted by Gasteiger charge is 2.28. The van der Waals surface area contributed by atoms with E-state index in [4.69, 9.17) is 4.74 Å². The van der Waals surface area contributed by atoms with Crippen molar-refractivity contribution in [1.82, 2.24) is 5.32 Å². The number of fused-ring (bicyclic) bond motifs is 2. The number of carbonyl (C=O) groups excluding carboxylic acids is 2. The van der Waals surface area contributed by atoms with Crippen molar-refractivity contribution in [2.24, 2.45) is 0 Å². The molecule has 1 N–H and O–H groups in total. The van der Waals surface area contributed by atoms with Gasteiger partial charge in [-0.15, -0.1) is 0 Å². The molecule has 3 aromatic carbocycles. The number of nitrogens with one attached hydrogen (secondary N) is 1. The number of rotatable bonds is 5. The van der Waals surface area contributed by atoms with Gasteiger partial charge in [-0.2, -0.15) is 0 Å². The minimum absolute atomic E-state index is 0.0471. The molecule has 0 bridgehead atoms. The SMILES string of the molecule is O=C(NCC1CCCO1)c1ccc2c(c1)N(Cc1cccc(F)c1)C(=O)c1ccccc1S2. The van der Waals surface area contributed by atoms with Crippen LogP contribution in [0.4, 0.5) is 10.1 Å². The van der Waals surface area contributed by atoms with Crippen molar-refractivity contribution >= 4 is 29.3 Å². The number of hydrogen-bond donors (Lipinski definition) is 1. The molecule has 5 nitrogen and oxygen atoms in total. The Hall–Kier alpha value is -3.16. The van der Waals surface area contributed by atoms with Crippen molar-refractivity contribution < 1.29 is 18.7 Å². The van der Waals surface area contributed by atoms with E-state index in [0.717, 1.165) is 29.2 Å². The van der Waals surface area contributed by atoms with Crippen LogP contribution in [-0.4, -0.2) is 31.1 Å². The molecule has 2 heterocycles. The van der Waals surface area contributed by atoms with Gasteiger partial charge >= 0.3 is 0 Å². The third-order valence-corrected chi connectivity index (χ3v) is 6.98. The lowest BCUT2D eigenvalue weighted by Gasteiger charge is -2.24. The van der Waals surface area contributed by atoms with Gasteiger partial charge in [-0.3, -0.25) is 9.59 Å². The molecular weight excluding hydrogens is 439 g/mol. The Bertz CT molecular complexity index is 1210. The molecule has 1 unspecified atom stereocenters. The van der Waals surface area contributed by atoms with E-state index < -0.39 is 0 Å². The molecule has 5 rings (SSSR count). The van der Waals surface area contributed by atoms with Gasteiger partial charge in [0.2, 0.25) is 0 Å². The maximum absolute atomic E-state index is 13.8. The van der Waals surface area contributed by atoms with Gasteiger partial charge in [-0.05, 0) is 60.9 Å². The first-order valence-electron chi connectivity index (χ1n) is 11.0. The van der Waals surface area contributed by atoms with E-state index in [1.807, 2.05) is 24.3 Å². The highest BCUT2D eigenvalue weighted by molar-refractivity contribution is 7.99. The average Bonchev–Trinajstić information content (AvgIpc) is 3.31. The molecule has 2 aliphatic heterocycles. The monoisotopic (exact) mass is 462 g/mol. The first-order chi connectivity index (χ1) is 16.1. The first kappa shape index (κ1) is 21.7. The summed E-state index contributed by atoms with van der Waals surface area (Å²) in [6.45, 7) is 1.38. The van der Waals surface area contributed by atoms with Crippen molar-refractivity contribution in [3.63, 3.8) is 0 Å². The Labute approximate surface area is 195 Å². The Morgan fingerprint density at radius 2 is 1.97 bits per heavy atom. The summed E-state index contributed by atoms with van der Waals surface area (Å²) < 4.78 is 19.4. The molecule has 7 heteroatoms. The van der Waals surface area contributed by atoms with Crippen molar-refractivity contribution in [2.45, 2.75) is 35.3 Å². The standard InChI is InChI=1S/C26H23FN2O3S/c27-19-6-3-5-17(13-19)16-29-22-14-18(25(30)28-15-20-7-4-12-32-20)10-11-24(22)33-23-9-2-1-8-21(23)26(29)31/h1-3,5-6,8-11,13-14,20H,4,7,12,15-16H2,(H,28,30). The van der Waals surface area contributed by atoms with E-state index in [1.165, 1.54) is 23.9 Å². The lowest BCUT2D eigenvalue weighted by molar-refractivity contribution is 0.0857. The minimum Gasteiger partial charge on any atom is -0.376 e. The highest BCUT2D eigenvalue weighted by Crippen LogP contribution is 2.42. The van der Waals surface area contributed by atoms with E-state index in [2.05, 4.69) is 5.32 Å². The fourth-order valence-corrected chi connectivity index (χ4v) is 5.21. The van der Waals surface area contributed by atoms with Gasteiger partial charge in [0.05, 0.1) is 23.9 Å². The number of halogens is 1. The summed E-state index contributed by atoms with van der Waals surface area (Å²) >= 11 is 1.49. The van der Waals surface area contributed by atoms with Crippen LogP contribution in [0.3, 0.4) is 0 Å². The number of nitrogens with zero attached hydrogens (tertiary/aromatic N) is 1. The third-order valence-electron chi connectivity index (χ3n) is 5.84. The van der Waals surface area contributed by atoms with Crippen LogP contribution in [0.25, 0.3) is 0 Å². The molecule has 2 amide bonds. The Kier molecular flexibility index (Phi) is 6.15. The zero-order valence-electron chi connectivity index (χ0n) is 17.9. The molecule has 1 fully saturated rings. The lowest BCUT2D eigenvalue weighted by Crippen LogP contribution is -2.33. The zero-order chi connectivity index (χ0) is 22.8. The van der Waals surface area contributed by atoms with Crippen molar-refractivity contribution in [1.29, 1.82) is 0 Å². The number of ether oxygens (including phenoxy) is 1. The van der Waals surface area contributed by atoms with Gasteiger partial charge in [-0.25, -0.2) is 4.39 Å². The summed E-state index contributed by atoms with van der Waals surface area (Å²) in [5.41, 5.74) is 2.36. The normalized spacial score (nSPS) is 17.3. The van der Waals surface area contributed by atoms with Gasteiger partial charge in [0.15, 0.2) is 0 Å². The van der Waals surface area contributed by atoms with Gasteiger partial charge in [0.1, 0.15) is 5.82 Å². The van der Waals surface area contributed by atoms with E-state index >= 15 is 0 Å². The second kappa shape index (κ2) is 9.37. The summed E-state index contributed by atoms with van der Waals surface area (Å²) in [6.07, 6.45) is 2.00. The Balaban J connectivity index is 1.49. The van der Waals surface area contributed by atoms with Gasteiger partial charge in [-0.1, -0.05) is 36.0 Å². The number of anilines is 1. The number of benzene rings is 3. The topological polar surface area (TPSA) is 58.6 Å². The molecule has 0 spiro atoms. The van der Waals surface area contributed by atoms with Crippen LogP contribution in [-0.2, 0) is 11.3 Å². The fraction of sp³-hybridized carbons (Fsp3) is 0.231. The molecule has 0 aromatic heterocycles. The summed E-state index contributed by atoms with van der Waals surface area (Å²) in [6, 6.07) is 19.0. The molecule has 0 radical (unpaired) electrons. The van der Waals surface area contributed by atoms with Crippen molar-refractivity contribution in [3.05, 3.63) is 89.2 Å². The average molecular weight is 463 g/mol. The fourth-order valence-electron chi connectivity index (χ4n) is 4.15. The van der Waals surface area contributed by atoms with Gasteiger partial charge in [0, 0.05) is 28.5 Å². The van der Waals surface area contributed by atoms with Crippen LogP contribution in [0.5, 0.6) is 0 Å². The van der Waals surface area contributed by atoms with E-state index in [9.17, 15) is 14.0 Å². The number of hydrogen-bond acceptors (Lipinski definition) is 4. The molecule has 0 aliphatic carbocycles. The van der Waals surface area contributed by atoms with Crippen LogP contribution in [0.2, 0.25) is 0 Å². The Morgan fingerprint density at radius 3 is 2.79 bits per heavy atom. The van der Waals surface area contributed by atoms with Crippen molar-refractivity contribution in [2.75, 3.05) is 18.1 Å². The van der Waals surface area contributed by atoms with Crippen LogP contribution in [0.15, 0.2) is 76.5 Å². The maximum atomic E-state index is 13.8. The molecule has 1 saturated heterocycles. The molecule has 0 saturated carbocycles. The minimum atomic E-state index is -0.355.